The predicted molar refractivity (Wildman–Crippen MR) is 95.6 cm³/mol. The van der Waals surface area contributed by atoms with Gasteiger partial charge in [0.2, 0.25) is 0 Å². The molecule has 2 N–H and O–H groups in total. The van der Waals surface area contributed by atoms with Crippen molar-refractivity contribution in [1.29, 1.82) is 0 Å². The lowest BCUT2D eigenvalue weighted by atomic mass is 9.82. The van der Waals surface area contributed by atoms with Crippen LogP contribution < -0.4 is 5.32 Å². The number of alkyl carbamates (subject to hydrolysis) is 1. The van der Waals surface area contributed by atoms with E-state index in [-0.39, 0.29) is 0 Å². The number of rotatable bonds is 3. The van der Waals surface area contributed by atoms with E-state index in [2.05, 4.69) is 21.2 Å². The number of hydrogen-bond acceptors (Lipinski definition) is 3. The summed E-state index contributed by atoms with van der Waals surface area (Å²) in [5.74, 6) is -1.60. The number of carboxylic acids is 1. The Morgan fingerprint density at radius 1 is 1.33 bits per heavy atom. The molecule has 1 aromatic rings. The number of carboxylic acid groups (broad SMARTS) is 1. The smallest absolute Gasteiger partial charge is 0.407 e. The molecule has 1 aliphatic carbocycles. The van der Waals surface area contributed by atoms with Crippen LogP contribution in [-0.4, -0.2) is 28.8 Å². The molecule has 0 bridgehead atoms. The van der Waals surface area contributed by atoms with Crippen molar-refractivity contribution in [3.63, 3.8) is 0 Å². The van der Waals surface area contributed by atoms with Crippen LogP contribution in [0, 0.1) is 5.92 Å². The quantitative estimate of drug-likeness (QED) is 0.802. The van der Waals surface area contributed by atoms with Gasteiger partial charge in [-0.3, -0.25) is 4.79 Å². The first-order chi connectivity index (χ1) is 11.2. The lowest BCUT2D eigenvalue weighted by Gasteiger charge is -2.30. The number of nitrogens with one attached hydrogen (secondary N) is 1. The van der Waals surface area contributed by atoms with Crippen molar-refractivity contribution < 1.29 is 19.4 Å². The Hall–Kier alpha value is -1.82. The van der Waals surface area contributed by atoms with Crippen LogP contribution in [0.15, 0.2) is 34.8 Å². The van der Waals surface area contributed by atoms with Crippen LogP contribution in [0.5, 0.6) is 0 Å². The number of hydrogen-bond donors (Lipinski definition) is 2. The average Bonchev–Trinajstić information content (AvgIpc) is 2.45. The highest BCUT2D eigenvalue weighted by Gasteiger charge is 2.34. The molecular formula is C18H22BrNO4. The molecule has 2 atom stereocenters. The first-order valence-corrected chi connectivity index (χ1v) is 8.62. The molecule has 1 unspecified atom stereocenters. The van der Waals surface area contributed by atoms with E-state index in [1.165, 1.54) is 0 Å². The maximum Gasteiger partial charge on any atom is 0.407 e. The molecule has 0 aromatic heterocycles. The molecule has 1 amide bonds. The zero-order valence-corrected chi connectivity index (χ0v) is 15.6. The van der Waals surface area contributed by atoms with Gasteiger partial charge in [-0.05, 0) is 56.9 Å². The Morgan fingerprint density at radius 3 is 2.62 bits per heavy atom. The molecule has 0 fully saturated rings. The van der Waals surface area contributed by atoms with Crippen molar-refractivity contribution in [3.8, 4) is 0 Å². The highest BCUT2D eigenvalue weighted by Crippen LogP contribution is 2.32. The van der Waals surface area contributed by atoms with Crippen LogP contribution in [0.25, 0.3) is 5.57 Å². The summed E-state index contributed by atoms with van der Waals surface area (Å²) in [5.41, 5.74) is 1.35. The lowest BCUT2D eigenvalue weighted by Crippen LogP contribution is -2.46. The fourth-order valence-corrected chi connectivity index (χ4v) is 3.10. The van der Waals surface area contributed by atoms with Crippen LogP contribution in [0.1, 0.15) is 39.2 Å². The summed E-state index contributed by atoms with van der Waals surface area (Å²) < 4.78 is 6.17. The molecule has 2 rings (SSSR count). The summed E-state index contributed by atoms with van der Waals surface area (Å²) >= 11 is 3.43. The van der Waals surface area contributed by atoms with Gasteiger partial charge in [-0.15, -0.1) is 0 Å². The third-order valence-corrected chi connectivity index (χ3v) is 4.25. The van der Waals surface area contributed by atoms with E-state index >= 15 is 0 Å². The molecule has 0 aliphatic heterocycles. The normalized spacial score (nSPS) is 20.9. The van der Waals surface area contributed by atoms with Crippen LogP contribution in [0.2, 0.25) is 0 Å². The molecule has 0 saturated carbocycles. The highest BCUT2D eigenvalue weighted by atomic mass is 79.9. The summed E-state index contributed by atoms with van der Waals surface area (Å²) in [6, 6.07) is 7.28. The Balaban J connectivity index is 2.14. The third kappa shape index (κ3) is 5.09. The Labute approximate surface area is 150 Å². The van der Waals surface area contributed by atoms with Crippen molar-refractivity contribution in [3.05, 3.63) is 40.4 Å². The van der Waals surface area contributed by atoms with Gasteiger partial charge in [0.25, 0.3) is 0 Å². The minimum atomic E-state index is -0.920. The second-order valence-corrected chi connectivity index (χ2v) is 7.79. The first kappa shape index (κ1) is 18.5. The van der Waals surface area contributed by atoms with Crippen molar-refractivity contribution in [2.75, 3.05) is 0 Å². The molecule has 0 radical (unpaired) electrons. The minimum absolute atomic E-state index is 0.367. The molecule has 0 saturated heterocycles. The maximum atomic E-state index is 11.9. The monoisotopic (exact) mass is 395 g/mol. The summed E-state index contributed by atoms with van der Waals surface area (Å²) in [6.07, 6.45) is 2.23. The summed E-state index contributed by atoms with van der Waals surface area (Å²) in [4.78, 5) is 23.6. The van der Waals surface area contributed by atoms with Gasteiger partial charge in [-0.25, -0.2) is 4.79 Å². The van der Waals surface area contributed by atoms with E-state index in [4.69, 9.17) is 4.74 Å². The van der Waals surface area contributed by atoms with Gasteiger partial charge in [0, 0.05) is 10.5 Å². The number of aliphatic carboxylic acids is 1. The topological polar surface area (TPSA) is 75.6 Å². The Bertz CT molecular complexity index is 663. The van der Waals surface area contributed by atoms with Gasteiger partial charge in [0.15, 0.2) is 0 Å². The van der Waals surface area contributed by atoms with Crippen molar-refractivity contribution in [2.45, 2.75) is 45.3 Å². The Morgan fingerprint density at radius 2 is 2.04 bits per heavy atom. The Kier molecular flexibility index (Phi) is 5.70. The van der Waals surface area contributed by atoms with Gasteiger partial charge in [0.05, 0.1) is 5.92 Å². The second kappa shape index (κ2) is 7.38. The molecule has 0 heterocycles. The summed E-state index contributed by atoms with van der Waals surface area (Å²) in [6.45, 7) is 5.31. The predicted octanol–water partition coefficient (Wildman–Crippen LogP) is 4.22. The van der Waals surface area contributed by atoms with Crippen LogP contribution in [0.3, 0.4) is 0 Å². The number of benzene rings is 1. The van der Waals surface area contributed by atoms with Crippen LogP contribution >= 0.6 is 15.9 Å². The third-order valence-electron chi connectivity index (χ3n) is 3.76. The first-order valence-electron chi connectivity index (χ1n) is 7.83. The van der Waals surface area contributed by atoms with Crippen LogP contribution in [0.4, 0.5) is 4.79 Å². The molecule has 0 spiro atoms. The van der Waals surface area contributed by atoms with E-state index in [1.54, 1.807) is 20.8 Å². The van der Waals surface area contributed by atoms with Crippen molar-refractivity contribution >= 4 is 33.6 Å². The SMILES string of the molecule is CC(C)(C)OC(=O)NC1CC=C(c2cccc(Br)c2)C[C@@H]1C(=O)O. The fraction of sp³-hybridized carbons (Fsp3) is 0.444. The van der Waals surface area contributed by atoms with E-state index in [0.717, 1.165) is 15.6 Å². The number of ether oxygens (including phenoxy) is 1. The van der Waals surface area contributed by atoms with E-state index < -0.39 is 29.6 Å². The largest absolute Gasteiger partial charge is 0.481 e. The molecule has 1 aromatic carbocycles. The fourth-order valence-electron chi connectivity index (χ4n) is 2.70. The van der Waals surface area contributed by atoms with Crippen LogP contribution in [-0.2, 0) is 9.53 Å². The van der Waals surface area contributed by atoms with E-state index in [0.29, 0.717) is 12.8 Å². The number of amides is 1. The average molecular weight is 396 g/mol. The molecule has 24 heavy (non-hydrogen) atoms. The van der Waals surface area contributed by atoms with E-state index in [1.807, 2.05) is 30.3 Å². The summed E-state index contributed by atoms with van der Waals surface area (Å²) in [5, 5.41) is 12.2. The van der Waals surface area contributed by atoms with Gasteiger partial charge in [-0.2, -0.15) is 0 Å². The highest BCUT2D eigenvalue weighted by molar-refractivity contribution is 9.10. The van der Waals surface area contributed by atoms with Crippen molar-refractivity contribution in [2.24, 2.45) is 5.92 Å². The van der Waals surface area contributed by atoms with Crippen molar-refractivity contribution in [1.82, 2.24) is 5.32 Å². The number of carbonyl (C=O) groups is 2. The minimum Gasteiger partial charge on any atom is -0.481 e. The zero-order valence-electron chi connectivity index (χ0n) is 14.0. The van der Waals surface area contributed by atoms with Gasteiger partial charge in [-0.1, -0.05) is 34.1 Å². The summed E-state index contributed by atoms with van der Waals surface area (Å²) in [7, 11) is 0. The lowest BCUT2D eigenvalue weighted by molar-refractivity contribution is -0.142. The maximum absolute atomic E-state index is 11.9. The number of carbonyl (C=O) groups excluding carboxylic acids is 1. The standard InChI is InChI=1S/C18H22BrNO4/c1-18(2,3)24-17(23)20-15-8-7-12(10-14(15)16(21)22)11-5-4-6-13(19)9-11/h4-7,9,14-15H,8,10H2,1-3H3,(H,20,23)(H,21,22)/t14-,15?/m0/s1. The van der Waals surface area contributed by atoms with E-state index in [9.17, 15) is 14.7 Å². The molecule has 5 nitrogen and oxygen atoms in total. The molecule has 6 heteroatoms. The van der Waals surface area contributed by atoms with Gasteiger partial charge >= 0.3 is 12.1 Å². The van der Waals surface area contributed by atoms with Gasteiger partial charge < -0.3 is 15.2 Å². The second-order valence-electron chi connectivity index (χ2n) is 6.88. The molecule has 130 valence electrons. The number of allylic oxidation sites excluding steroid dienone is 1. The zero-order chi connectivity index (χ0) is 17.9. The number of halogens is 1. The molecule has 1 aliphatic rings. The van der Waals surface area contributed by atoms with Gasteiger partial charge in [0.1, 0.15) is 5.60 Å². The molecular weight excluding hydrogens is 374 g/mol.